The van der Waals surface area contributed by atoms with E-state index in [-0.39, 0.29) is 33.4 Å². The van der Waals surface area contributed by atoms with Gasteiger partial charge < -0.3 is 19.0 Å². The van der Waals surface area contributed by atoms with Crippen molar-refractivity contribution in [2.45, 2.75) is 18.9 Å². The standard InChI is InChI=1S/C23H18ClNO6/c24-19-8-13(12-25)7-18-20(26)11-21(31-22(18)19)14-1-3-16(4-2-14)29-5-6-30-17-9-15(10-17)23(27)28/h1-4,7-8,11,15,17H,5-6,9-10H2,(H,27,28). The molecule has 1 aliphatic carbocycles. The van der Waals surface area contributed by atoms with E-state index in [0.29, 0.717) is 48.7 Å². The van der Waals surface area contributed by atoms with Crippen molar-refractivity contribution in [3.63, 3.8) is 0 Å². The summed E-state index contributed by atoms with van der Waals surface area (Å²) in [5.74, 6) is -0.0781. The Kier molecular flexibility index (Phi) is 5.94. The molecule has 2 aromatic carbocycles. The summed E-state index contributed by atoms with van der Waals surface area (Å²) in [5, 5.41) is 18.4. The molecular weight excluding hydrogens is 422 g/mol. The number of carboxylic acids is 1. The Morgan fingerprint density at radius 2 is 1.94 bits per heavy atom. The Morgan fingerprint density at radius 3 is 2.61 bits per heavy atom. The molecule has 0 radical (unpaired) electrons. The van der Waals surface area contributed by atoms with E-state index in [1.807, 2.05) is 6.07 Å². The van der Waals surface area contributed by atoms with Crippen LogP contribution in [-0.4, -0.2) is 30.4 Å². The predicted octanol–water partition coefficient (Wildman–Crippen LogP) is 4.24. The van der Waals surface area contributed by atoms with E-state index >= 15 is 0 Å². The number of hydrogen-bond acceptors (Lipinski definition) is 6. The van der Waals surface area contributed by atoms with Crippen molar-refractivity contribution in [2.24, 2.45) is 5.92 Å². The van der Waals surface area contributed by atoms with E-state index in [2.05, 4.69) is 0 Å². The number of fused-ring (bicyclic) bond motifs is 1. The number of benzene rings is 2. The lowest BCUT2D eigenvalue weighted by molar-refractivity contribution is -0.151. The first-order valence-electron chi connectivity index (χ1n) is 9.69. The van der Waals surface area contributed by atoms with Gasteiger partial charge in [0.2, 0.25) is 0 Å². The molecule has 1 aliphatic rings. The third kappa shape index (κ3) is 4.55. The van der Waals surface area contributed by atoms with Crippen LogP contribution >= 0.6 is 11.6 Å². The smallest absolute Gasteiger partial charge is 0.306 e. The minimum absolute atomic E-state index is 0.0149. The molecule has 8 heteroatoms. The molecule has 1 aromatic heterocycles. The van der Waals surface area contributed by atoms with Crippen LogP contribution in [0.2, 0.25) is 5.02 Å². The van der Waals surface area contributed by atoms with Gasteiger partial charge in [-0.15, -0.1) is 0 Å². The van der Waals surface area contributed by atoms with Crippen LogP contribution in [0.4, 0.5) is 0 Å². The highest BCUT2D eigenvalue weighted by atomic mass is 35.5. The van der Waals surface area contributed by atoms with Crippen molar-refractivity contribution in [3.8, 4) is 23.1 Å². The maximum atomic E-state index is 12.5. The summed E-state index contributed by atoms with van der Waals surface area (Å²) in [4.78, 5) is 23.3. The molecule has 4 rings (SSSR count). The van der Waals surface area contributed by atoms with Crippen molar-refractivity contribution >= 4 is 28.5 Å². The predicted molar refractivity (Wildman–Crippen MR) is 113 cm³/mol. The first kappa shape index (κ1) is 20.9. The Balaban J connectivity index is 1.38. The highest BCUT2D eigenvalue weighted by molar-refractivity contribution is 6.34. The quantitative estimate of drug-likeness (QED) is 0.548. The molecule has 3 aromatic rings. The van der Waals surface area contributed by atoms with Crippen molar-refractivity contribution in [1.82, 2.24) is 0 Å². The summed E-state index contributed by atoms with van der Waals surface area (Å²) < 4.78 is 17.1. The van der Waals surface area contributed by atoms with E-state index in [1.165, 1.54) is 18.2 Å². The van der Waals surface area contributed by atoms with Crippen LogP contribution in [0, 0.1) is 17.2 Å². The van der Waals surface area contributed by atoms with E-state index < -0.39 is 5.97 Å². The molecule has 0 atom stereocenters. The van der Waals surface area contributed by atoms with Crippen LogP contribution in [-0.2, 0) is 9.53 Å². The van der Waals surface area contributed by atoms with Crippen molar-refractivity contribution in [3.05, 3.63) is 63.3 Å². The van der Waals surface area contributed by atoms with Crippen molar-refractivity contribution in [1.29, 1.82) is 5.26 Å². The Bertz CT molecular complexity index is 1220. The van der Waals surface area contributed by atoms with E-state index in [4.69, 9.17) is 35.9 Å². The van der Waals surface area contributed by atoms with Gasteiger partial charge in [0.25, 0.3) is 0 Å². The van der Waals surface area contributed by atoms with Crippen LogP contribution < -0.4 is 10.2 Å². The zero-order valence-electron chi connectivity index (χ0n) is 16.3. The van der Waals surface area contributed by atoms with Gasteiger partial charge in [0.15, 0.2) is 11.0 Å². The fourth-order valence-electron chi connectivity index (χ4n) is 3.42. The molecule has 0 aliphatic heterocycles. The monoisotopic (exact) mass is 439 g/mol. The van der Waals surface area contributed by atoms with Gasteiger partial charge in [-0.05, 0) is 49.2 Å². The first-order valence-corrected chi connectivity index (χ1v) is 10.1. The van der Waals surface area contributed by atoms with Gasteiger partial charge in [-0.1, -0.05) is 11.6 Å². The lowest BCUT2D eigenvalue weighted by Crippen LogP contribution is -2.36. The number of nitrogens with zero attached hydrogens (tertiary/aromatic N) is 1. The fraction of sp³-hybridized carbons (Fsp3) is 0.261. The molecule has 0 bridgehead atoms. The summed E-state index contributed by atoms with van der Waals surface area (Å²) in [7, 11) is 0. The Labute approximate surface area is 182 Å². The molecule has 7 nitrogen and oxygen atoms in total. The number of hydrogen-bond donors (Lipinski definition) is 1. The molecule has 158 valence electrons. The van der Waals surface area contributed by atoms with Gasteiger partial charge in [-0.25, -0.2) is 0 Å². The van der Waals surface area contributed by atoms with Crippen molar-refractivity contribution in [2.75, 3.05) is 13.2 Å². The minimum atomic E-state index is -0.771. The van der Waals surface area contributed by atoms with Crippen LogP contribution in [0.15, 0.2) is 51.7 Å². The maximum absolute atomic E-state index is 12.5. The van der Waals surface area contributed by atoms with E-state index in [9.17, 15) is 9.59 Å². The average molecular weight is 440 g/mol. The fourth-order valence-corrected chi connectivity index (χ4v) is 3.67. The molecule has 1 fully saturated rings. The number of rotatable bonds is 7. The van der Waals surface area contributed by atoms with Gasteiger partial charge >= 0.3 is 5.97 Å². The second-order valence-electron chi connectivity index (χ2n) is 7.29. The number of nitriles is 1. The lowest BCUT2D eigenvalue weighted by atomic mass is 9.82. The van der Waals surface area contributed by atoms with Gasteiger partial charge in [-0.3, -0.25) is 9.59 Å². The maximum Gasteiger partial charge on any atom is 0.306 e. The van der Waals surface area contributed by atoms with Crippen LogP contribution in [0.1, 0.15) is 18.4 Å². The molecule has 0 amide bonds. The third-order valence-corrected chi connectivity index (χ3v) is 5.48. The Hall–Kier alpha value is -3.34. The minimum Gasteiger partial charge on any atom is -0.491 e. The molecule has 0 saturated heterocycles. The number of aliphatic carboxylic acids is 1. The summed E-state index contributed by atoms with van der Waals surface area (Å²) >= 11 is 6.18. The SMILES string of the molecule is N#Cc1cc(Cl)c2oc(-c3ccc(OCCOC4CC(C(=O)O)C4)cc3)cc(=O)c2c1. The van der Waals surface area contributed by atoms with Gasteiger partial charge in [0.1, 0.15) is 18.1 Å². The topological polar surface area (TPSA) is 110 Å². The zero-order chi connectivity index (χ0) is 22.0. The largest absolute Gasteiger partial charge is 0.491 e. The molecule has 1 saturated carbocycles. The molecule has 0 unspecified atom stereocenters. The van der Waals surface area contributed by atoms with Crippen molar-refractivity contribution < 1.29 is 23.8 Å². The molecule has 1 heterocycles. The number of halogens is 1. The number of carboxylic acid groups (broad SMARTS) is 1. The van der Waals surface area contributed by atoms with Crippen LogP contribution in [0.25, 0.3) is 22.3 Å². The molecular formula is C23H18ClNO6. The first-order chi connectivity index (χ1) is 14.9. The normalized spacial score (nSPS) is 17.7. The van der Waals surface area contributed by atoms with Gasteiger partial charge in [-0.2, -0.15) is 5.26 Å². The highest BCUT2D eigenvalue weighted by Gasteiger charge is 2.34. The molecule has 1 N–H and O–H groups in total. The average Bonchev–Trinajstić information content (AvgIpc) is 2.72. The summed E-state index contributed by atoms with van der Waals surface area (Å²) in [6.07, 6.45) is 1.07. The third-order valence-electron chi connectivity index (χ3n) is 5.20. The summed E-state index contributed by atoms with van der Waals surface area (Å²) in [5.41, 5.74) is 0.926. The molecule has 31 heavy (non-hydrogen) atoms. The second-order valence-corrected chi connectivity index (χ2v) is 7.70. The van der Waals surface area contributed by atoms with Crippen LogP contribution in [0.3, 0.4) is 0 Å². The highest BCUT2D eigenvalue weighted by Crippen LogP contribution is 2.30. The van der Waals surface area contributed by atoms with Gasteiger partial charge in [0, 0.05) is 11.6 Å². The Morgan fingerprint density at radius 1 is 1.19 bits per heavy atom. The van der Waals surface area contributed by atoms with Gasteiger partial charge in [0.05, 0.1) is 40.7 Å². The lowest BCUT2D eigenvalue weighted by Gasteiger charge is -2.31. The van der Waals surface area contributed by atoms with E-state index in [0.717, 1.165) is 0 Å². The summed E-state index contributed by atoms with van der Waals surface area (Å²) in [6, 6.07) is 13.3. The number of carbonyl (C=O) groups is 1. The number of ether oxygens (including phenoxy) is 2. The van der Waals surface area contributed by atoms with E-state index in [1.54, 1.807) is 24.3 Å². The summed E-state index contributed by atoms with van der Waals surface area (Å²) in [6.45, 7) is 0.719. The van der Waals surface area contributed by atoms with Crippen LogP contribution in [0.5, 0.6) is 5.75 Å². The molecule has 0 spiro atoms. The second kappa shape index (κ2) is 8.80. The zero-order valence-corrected chi connectivity index (χ0v) is 17.1.